The number of rotatable bonds is 4. The first kappa shape index (κ1) is 19.7. The van der Waals surface area contributed by atoms with Crippen molar-refractivity contribution in [1.29, 1.82) is 0 Å². The van der Waals surface area contributed by atoms with Gasteiger partial charge in [0.15, 0.2) is 0 Å². The number of aromatic nitrogens is 2. The van der Waals surface area contributed by atoms with Crippen LogP contribution in [0.2, 0.25) is 0 Å². The quantitative estimate of drug-likeness (QED) is 0.470. The van der Waals surface area contributed by atoms with Crippen molar-refractivity contribution in [2.75, 3.05) is 13.1 Å². The Morgan fingerprint density at radius 1 is 0.966 bits per heavy atom. The van der Waals surface area contributed by atoms with E-state index in [1.165, 1.54) is 34.0 Å². The van der Waals surface area contributed by atoms with Crippen LogP contribution in [-0.2, 0) is 6.42 Å². The summed E-state index contributed by atoms with van der Waals surface area (Å²) in [4.78, 5) is 0. The lowest BCUT2D eigenvalue weighted by Gasteiger charge is -2.10. The minimum absolute atomic E-state index is 0. The number of hydrogen-bond acceptors (Lipinski definition) is 2. The molecule has 4 heteroatoms. The number of para-hydroxylation sites is 1. The van der Waals surface area contributed by atoms with Crippen LogP contribution in [0.4, 0.5) is 0 Å². The highest BCUT2D eigenvalue weighted by molar-refractivity contribution is 5.88. The van der Waals surface area contributed by atoms with Crippen LogP contribution in [0.15, 0.2) is 72.8 Å². The first-order valence-corrected chi connectivity index (χ1v) is 10.2. The number of nitrogens with zero attached hydrogens (tertiary/aromatic N) is 2. The third-order valence-electron chi connectivity index (χ3n) is 5.87. The SMILES string of the molecule is CCc1nn(-c2ccccc2)c2cc(-c3ccc(C4CCNC4)cc3)ccc12.Cl. The van der Waals surface area contributed by atoms with Crippen LogP contribution in [0.3, 0.4) is 0 Å². The lowest BCUT2D eigenvalue weighted by atomic mass is 9.95. The Balaban J connectivity index is 0.00000205. The molecular formula is C25H26ClN3. The fourth-order valence-corrected chi connectivity index (χ4v) is 4.27. The molecule has 0 amide bonds. The zero-order valence-corrected chi connectivity index (χ0v) is 17.5. The minimum Gasteiger partial charge on any atom is -0.316 e. The molecule has 1 unspecified atom stereocenters. The monoisotopic (exact) mass is 403 g/mol. The molecule has 0 aliphatic carbocycles. The van der Waals surface area contributed by atoms with Crippen molar-refractivity contribution in [1.82, 2.24) is 15.1 Å². The van der Waals surface area contributed by atoms with Crippen molar-refractivity contribution in [3.05, 3.63) is 84.1 Å². The predicted molar refractivity (Wildman–Crippen MR) is 123 cm³/mol. The normalized spacial score (nSPS) is 16.1. The van der Waals surface area contributed by atoms with Crippen LogP contribution in [0.5, 0.6) is 0 Å². The highest BCUT2D eigenvalue weighted by Crippen LogP contribution is 2.30. The highest BCUT2D eigenvalue weighted by atomic mass is 35.5. The second kappa shape index (κ2) is 8.40. The first-order chi connectivity index (χ1) is 13.8. The number of hydrogen-bond donors (Lipinski definition) is 1. The van der Waals surface area contributed by atoms with Gasteiger partial charge in [0.1, 0.15) is 0 Å². The van der Waals surface area contributed by atoms with Crippen molar-refractivity contribution < 1.29 is 0 Å². The zero-order chi connectivity index (χ0) is 18.9. The van der Waals surface area contributed by atoms with Gasteiger partial charge in [-0.15, -0.1) is 12.4 Å². The Morgan fingerprint density at radius 3 is 2.41 bits per heavy atom. The molecule has 2 heterocycles. The smallest absolute Gasteiger partial charge is 0.0750 e. The molecule has 3 nitrogen and oxygen atoms in total. The molecule has 1 N–H and O–H groups in total. The van der Waals surface area contributed by atoms with Gasteiger partial charge in [0.25, 0.3) is 0 Å². The van der Waals surface area contributed by atoms with Crippen LogP contribution in [0.1, 0.15) is 30.5 Å². The molecule has 148 valence electrons. The predicted octanol–water partition coefficient (Wildman–Crippen LogP) is 5.75. The Kier molecular flexibility index (Phi) is 5.70. The summed E-state index contributed by atoms with van der Waals surface area (Å²) in [6.07, 6.45) is 2.17. The molecule has 0 radical (unpaired) electrons. The molecule has 5 rings (SSSR count). The summed E-state index contributed by atoms with van der Waals surface area (Å²) in [5, 5.41) is 9.59. The Hall–Kier alpha value is -2.62. The Morgan fingerprint density at radius 2 is 1.72 bits per heavy atom. The number of halogens is 1. The van der Waals surface area contributed by atoms with Gasteiger partial charge in [-0.1, -0.05) is 61.5 Å². The van der Waals surface area contributed by atoms with Gasteiger partial charge < -0.3 is 5.32 Å². The second-order valence-corrected chi connectivity index (χ2v) is 7.59. The van der Waals surface area contributed by atoms with E-state index in [1.807, 2.05) is 6.07 Å². The van der Waals surface area contributed by atoms with Crippen molar-refractivity contribution in [2.24, 2.45) is 0 Å². The van der Waals surface area contributed by atoms with Gasteiger partial charge in [0.05, 0.1) is 16.9 Å². The van der Waals surface area contributed by atoms with E-state index in [0.717, 1.165) is 30.9 Å². The molecule has 1 aliphatic rings. The maximum absolute atomic E-state index is 4.89. The average Bonchev–Trinajstić information content (AvgIpc) is 3.42. The van der Waals surface area contributed by atoms with Crippen molar-refractivity contribution in [2.45, 2.75) is 25.7 Å². The van der Waals surface area contributed by atoms with E-state index in [4.69, 9.17) is 5.10 Å². The molecule has 4 aromatic rings. The first-order valence-electron chi connectivity index (χ1n) is 10.2. The van der Waals surface area contributed by atoms with Gasteiger partial charge in [0, 0.05) is 11.9 Å². The lowest BCUT2D eigenvalue weighted by molar-refractivity contribution is 0.763. The maximum atomic E-state index is 4.89. The van der Waals surface area contributed by atoms with E-state index in [9.17, 15) is 0 Å². The molecule has 0 bridgehead atoms. The van der Waals surface area contributed by atoms with E-state index < -0.39 is 0 Å². The molecule has 1 fully saturated rings. The largest absolute Gasteiger partial charge is 0.316 e. The molecule has 3 aromatic carbocycles. The summed E-state index contributed by atoms with van der Waals surface area (Å²) >= 11 is 0. The van der Waals surface area contributed by atoms with Crippen molar-refractivity contribution in [3.63, 3.8) is 0 Å². The van der Waals surface area contributed by atoms with E-state index in [-0.39, 0.29) is 12.4 Å². The van der Waals surface area contributed by atoms with E-state index in [2.05, 4.69) is 83.7 Å². The van der Waals surface area contributed by atoms with Gasteiger partial charge in [-0.2, -0.15) is 5.10 Å². The molecule has 1 aromatic heterocycles. The summed E-state index contributed by atoms with van der Waals surface area (Å²) in [6.45, 7) is 4.40. The summed E-state index contributed by atoms with van der Waals surface area (Å²) in [7, 11) is 0. The summed E-state index contributed by atoms with van der Waals surface area (Å²) in [6, 6.07) is 26.2. The summed E-state index contributed by atoms with van der Waals surface area (Å²) < 4.78 is 2.08. The van der Waals surface area contributed by atoms with Crippen LogP contribution in [0.25, 0.3) is 27.7 Å². The van der Waals surface area contributed by atoms with Crippen LogP contribution < -0.4 is 5.32 Å². The van der Waals surface area contributed by atoms with Crippen molar-refractivity contribution in [3.8, 4) is 16.8 Å². The second-order valence-electron chi connectivity index (χ2n) is 7.59. The van der Waals surface area contributed by atoms with Crippen molar-refractivity contribution >= 4 is 23.3 Å². The maximum Gasteiger partial charge on any atom is 0.0750 e. The van der Waals surface area contributed by atoms with E-state index >= 15 is 0 Å². The van der Waals surface area contributed by atoms with Crippen LogP contribution in [-0.4, -0.2) is 22.9 Å². The van der Waals surface area contributed by atoms with Crippen LogP contribution in [0, 0.1) is 0 Å². The van der Waals surface area contributed by atoms with Gasteiger partial charge in [-0.25, -0.2) is 4.68 Å². The van der Waals surface area contributed by atoms with E-state index in [1.54, 1.807) is 0 Å². The topological polar surface area (TPSA) is 29.9 Å². The van der Waals surface area contributed by atoms with E-state index in [0.29, 0.717) is 5.92 Å². The summed E-state index contributed by atoms with van der Waals surface area (Å²) in [5.41, 5.74) is 7.36. The van der Waals surface area contributed by atoms with Gasteiger partial charge >= 0.3 is 0 Å². The number of nitrogens with one attached hydrogen (secondary N) is 1. The molecule has 0 saturated carbocycles. The number of fused-ring (bicyclic) bond motifs is 1. The standard InChI is InChI=1S/C25H25N3.ClH/c1-2-24-23-13-12-20(16-25(23)28(27-24)22-6-4-3-5-7-22)18-8-10-19(11-9-18)21-14-15-26-17-21;/h3-13,16,21,26H,2,14-15,17H2,1H3;1H. The third kappa shape index (κ3) is 3.68. The van der Waals surface area contributed by atoms with Gasteiger partial charge in [-0.3, -0.25) is 0 Å². The fraction of sp³-hybridized carbons (Fsp3) is 0.240. The number of benzene rings is 3. The zero-order valence-electron chi connectivity index (χ0n) is 16.6. The lowest BCUT2D eigenvalue weighted by Crippen LogP contribution is -2.07. The van der Waals surface area contributed by atoms with Gasteiger partial charge in [-0.05, 0) is 60.2 Å². The third-order valence-corrected chi connectivity index (χ3v) is 5.87. The Labute approximate surface area is 178 Å². The molecule has 1 atom stereocenters. The van der Waals surface area contributed by atoms with Gasteiger partial charge in [0.2, 0.25) is 0 Å². The fourth-order valence-electron chi connectivity index (χ4n) is 4.27. The molecule has 1 saturated heterocycles. The highest BCUT2D eigenvalue weighted by Gasteiger charge is 2.16. The van der Waals surface area contributed by atoms with Crippen LogP contribution >= 0.6 is 12.4 Å². The molecular weight excluding hydrogens is 378 g/mol. The average molecular weight is 404 g/mol. The molecule has 1 aliphatic heterocycles. The minimum atomic E-state index is 0. The number of aryl methyl sites for hydroxylation is 1. The molecule has 29 heavy (non-hydrogen) atoms. The Bertz CT molecular complexity index is 1090. The summed E-state index contributed by atoms with van der Waals surface area (Å²) in [5.74, 6) is 0.656. The molecule has 0 spiro atoms.